The number of oxazole rings is 2. The lowest BCUT2D eigenvalue weighted by Gasteiger charge is -2.12. The Bertz CT molecular complexity index is 1420. The van der Waals surface area contributed by atoms with Gasteiger partial charge in [0.25, 0.3) is 17.7 Å². The van der Waals surface area contributed by atoms with E-state index < -0.39 is 29.2 Å². The number of carboxylic acids is 1. The molecular formula is C21H19F2N7O5. The summed E-state index contributed by atoms with van der Waals surface area (Å²) in [6, 6.07) is 6.88. The van der Waals surface area contributed by atoms with E-state index in [-0.39, 0.29) is 35.5 Å². The van der Waals surface area contributed by atoms with E-state index in [0.717, 1.165) is 16.7 Å². The van der Waals surface area contributed by atoms with Crippen molar-refractivity contribution in [1.82, 2.24) is 25.0 Å². The molecule has 4 aromatic rings. The van der Waals surface area contributed by atoms with Gasteiger partial charge in [0.1, 0.15) is 18.5 Å². The van der Waals surface area contributed by atoms with Crippen LogP contribution < -0.4 is 10.6 Å². The van der Waals surface area contributed by atoms with Crippen molar-refractivity contribution in [3.05, 3.63) is 53.5 Å². The molecule has 4 rings (SSSR count). The third-order valence-electron chi connectivity index (χ3n) is 4.82. The fourth-order valence-corrected chi connectivity index (χ4v) is 3.12. The zero-order valence-electron chi connectivity index (χ0n) is 18.7. The molecule has 3 aromatic heterocycles. The topological polar surface area (TPSA) is 166 Å². The highest BCUT2D eigenvalue weighted by Crippen LogP contribution is 2.32. The average molecular weight is 487 g/mol. The van der Waals surface area contributed by atoms with Gasteiger partial charge < -0.3 is 24.6 Å². The largest absolute Gasteiger partial charge is 0.476 e. The fourth-order valence-electron chi connectivity index (χ4n) is 3.12. The van der Waals surface area contributed by atoms with Crippen LogP contribution in [0, 0.1) is 0 Å². The number of aromatic nitrogens is 5. The van der Waals surface area contributed by atoms with Crippen molar-refractivity contribution in [2.45, 2.75) is 19.4 Å². The van der Waals surface area contributed by atoms with Crippen LogP contribution in [0.15, 0.2) is 39.4 Å². The first-order valence-electron chi connectivity index (χ1n) is 10.0. The van der Waals surface area contributed by atoms with E-state index in [9.17, 15) is 23.5 Å². The molecule has 12 nitrogen and oxygen atoms in total. The molecule has 182 valence electrons. The van der Waals surface area contributed by atoms with Crippen molar-refractivity contribution in [2.75, 3.05) is 19.0 Å². The predicted molar refractivity (Wildman–Crippen MR) is 116 cm³/mol. The van der Waals surface area contributed by atoms with Gasteiger partial charge >= 0.3 is 5.97 Å². The fraction of sp³-hybridized carbons (Fsp3) is 0.238. The Balaban J connectivity index is 1.76. The number of rotatable bonds is 8. The maximum absolute atomic E-state index is 13.4. The van der Waals surface area contributed by atoms with Crippen molar-refractivity contribution < 1.29 is 32.3 Å². The highest BCUT2D eigenvalue weighted by Gasteiger charge is 2.30. The molecule has 0 fully saturated rings. The van der Waals surface area contributed by atoms with Crippen molar-refractivity contribution in [3.63, 3.8) is 0 Å². The molecule has 1 aromatic carbocycles. The molecule has 35 heavy (non-hydrogen) atoms. The number of aromatic carboxylic acids is 1. The Morgan fingerprint density at radius 3 is 2.54 bits per heavy atom. The molecule has 0 aliphatic heterocycles. The van der Waals surface area contributed by atoms with Gasteiger partial charge in [-0.05, 0) is 12.1 Å². The number of carbonyl (C=O) groups excluding carboxylic acids is 1. The van der Waals surface area contributed by atoms with Crippen molar-refractivity contribution in [2.24, 2.45) is 5.73 Å². The molecule has 0 aliphatic rings. The molecule has 14 heteroatoms. The zero-order valence-corrected chi connectivity index (χ0v) is 18.7. The van der Waals surface area contributed by atoms with Gasteiger partial charge in [-0.3, -0.25) is 4.79 Å². The first-order chi connectivity index (χ1) is 16.4. The lowest BCUT2D eigenvalue weighted by atomic mass is 10.1. The van der Waals surface area contributed by atoms with Gasteiger partial charge in [0.15, 0.2) is 22.8 Å². The zero-order chi connectivity index (χ0) is 25.5. The molecule has 0 atom stereocenters. The van der Waals surface area contributed by atoms with Crippen LogP contribution in [0.3, 0.4) is 0 Å². The number of hydrogen-bond acceptors (Lipinski definition) is 9. The van der Waals surface area contributed by atoms with Crippen LogP contribution in [0.5, 0.6) is 0 Å². The summed E-state index contributed by atoms with van der Waals surface area (Å²) < 4.78 is 37.6. The van der Waals surface area contributed by atoms with E-state index in [1.54, 1.807) is 18.2 Å². The normalized spacial score (nSPS) is 11.6. The van der Waals surface area contributed by atoms with E-state index in [1.165, 1.54) is 0 Å². The summed E-state index contributed by atoms with van der Waals surface area (Å²) in [6.07, 6.45) is 0.802. The highest BCUT2D eigenvalue weighted by atomic mass is 19.3. The van der Waals surface area contributed by atoms with E-state index >= 15 is 0 Å². The summed E-state index contributed by atoms with van der Waals surface area (Å²) in [6.45, 7) is 0.346. The quantitative estimate of drug-likeness (QED) is 0.377. The minimum absolute atomic E-state index is 0.0660. The van der Waals surface area contributed by atoms with Gasteiger partial charge in [-0.25, -0.2) is 9.78 Å². The van der Waals surface area contributed by atoms with Crippen molar-refractivity contribution >= 4 is 17.6 Å². The van der Waals surface area contributed by atoms with Crippen LogP contribution in [-0.2, 0) is 12.5 Å². The van der Waals surface area contributed by atoms with Crippen LogP contribution in [0.2, 0.25) is 0 Å². The third-order valence-corrected chi connectivity index (χ3v) is 4.82. The number of anilines is 1. The summed E-state index contributed by atoms with van der Waals surface area (Å²) in [5, 5.41) is 17.7. The molecule has 1 amide bonds. The molecule has 3 N–H and O–H groups in total. The number of nitrogens with two attached hydrogens (primary N) is 1. The van der Waals surface area contributed by atoms with Crippen LogP contribution >= 0.6 is 0 Å². The highest BCUT2D eigenvalue weighted by molar-refractivity contribution is 5.97. The molecular weight excluding hydrogens is 468 g/mol. The number of benzene rings is 1. The van der Waals surface area contributed by atoms with E-state index in [4.69, 9.17) is 14.6 Å². The van der Waals surface area contributed by atoms with Crippen LogP contribution in [0.25, 0.3) is 22.9 Å². The molecule has 0 unspecified atom stereocenters. The third kappa shape index (κ3) is 4.71. The average Bonchev–Trinajstić information content (AvgIpc) is 3.51. The van der Waals surface area contributed by atoms with Crippen molar-refractivity contribution in [3.8, 4) is 22.9 Å². The molecule has 0 bridgehead atoms. The van der Waals surface area contributed by atoms with Crippen LogP contribution in [0.4, 0.5) is 14.5 Å². The van der Waals surface area contributed by atoms with E-state index in [1.807, 2.05) is 25.1 Å². The number of carbonyl (C=O) groups is 2. The number of hydrogen-bond donors (Lipinski definition) is 2. The summed E-state index contributed by atoms with van der Waals surface area (Å²) in [5.74, 6) is -6.12. The number of carboxylic acid groups (broad SMARTS) is 1. The molecule has 3 heterocycles. The van der Waals surface area contributed by atoms with Gasteiger partial charge in [0, 0.05) is 32.3 Å². The molecule has 0 saturated heterocycles. The summed E-state index contributed by atoms with van der Waals surface area (Å²) in [4.78, 5) is 34.3. The molecule has 0 radical (unpaired) electrons. The van der Waals surface area contributed by atoms with E-state index in [0.29, 0.717) is 12.5 Å². The molecule has 0 saturated carbocycles. The second-order valence-corrected chi connectivity index (χ2v) is 7.75. The first kappa shape index (κ1) is 23.5. The molecule has 0 spiro atoms. The second-order valence-electron chi connectivity index (χ2n) is 7.75. The second kappa shape index (κ2) is 8.62. The number of amides is 1. The Kier molecular flexibility index (Phi) is 5.80. The predicted octanol–water partition coefficient (Wildman–Crippen LogP) is 2.61. The minimum atomic E-state index is -3.21. The SMILES string of the molecule is CN(C)c1cccc(-c2oc(-c3nn(Cc4nc(C(C)(F)F)co4)nc3C(N)=O)nc2C(=O)O)c1. The van der Waals surface area contributed by atoms with Gasteiger partial charge in [-0.1, -0.05) is 12.1 Å². The minimum Gasteiger partial charge on any atom is -0.476 e. The number of primary amides is 1. The van der Waals surface area contributed by atoms with Gasteiger partial charge in [-0.2, -0.15) is 18.6 Å². The Morgan fingerprint density at radius 1 is 1.20 bits per heavy atom. The number of halogens is 2. The lowest BCUT2D eigenvalue weighted by molar-refractivity contribution is 0.0126. The maximum atomic E-state index is 13.4. The Morgan fingerprint density at radius 2 is 1.94 bits per heavy atom. The summed E-state index contributed by atoms with van der Waals surface area (Å²) in [7, 11) is 3.64. The Labute approximate surface area is 196 Å². The van der Waals surface area contributed by atoms with Crippen LogP contribution in [-0.4, -0.2) is 56.0 Å². The van der Waals surface area contributed by atoms with Crippen molar-refractivity contribution in [1.29, 1.82) is 0 Å². The summed E-state index contributed by atoms with van der Waals surface area (Å²) in [5.41, 5.74) is 5.01. The first-order valence-corrected chi connectivity index (χ1v) is 10.0. The van der Waals surface area contributed by atoms with Gasteiger partial charge in [0.2, 0.25) is 5.89 Å². The standard InChI is InChI=1S/C21H19F2N7O5/c1-21(22,23)12-9-34-13(25-12)8-30-27-14(18(24)31)15(28-30)19-26-16(20(32)33)17(35-19)10-5-4-6-11(7-10)29(2)3/h4-7,9H,8H2,1-3H3,(H2,24,31)(H,32,33). The smallest absolute Gasteiger partial charge is 0.358 e. The maximum Gasteiger partial charge on any atom is 0.358 e. The number of alkyl halides is 2. The lowest BCUT2D eigenvalue weighted by Crippen LogP contribution is -2.14. The summed E-state index contributed by atoms with van der Waals surface area (Å²) >= 11 is 0. The van der Waals surface area contributed by atoms with Gasteiger partial charge in [0.05, 0.1) is 0 Å². The molecule has 0 aliphatic carbocycles. The Hall–Kier alpha value is -4.62. The van der Waals surface area contributed by atoms with Gasteiger partial charge in [-0.15, -0.1) is 10.2 Å². The number of nitrogens with zero attached hydrogens (tertiary/aromatic N) is 6. The van der Waals surface area contributed by atoms with E-state index in [2.05, 4.69) is 20.2 Å². The monoisotopic (exact) mass is 487 g/mol. The van der Waals surface area contributed by atoms with Crippen LogP contribution in [0.1, 0.15) is 39.5 Å².